The molecule has 3 N–H and O–H groups in total. The first-order valence-electron chi connectivity index (χ1n) is 11.2. The Kier molecular flexibility index (Phi) is 9.09. The largest absolute Gasteiger partial charge is 0.481 e. The van der Waals surface area contributed by atoms with E-state index in [0.717, 1.165) is 19.3 Å². The van der Waals surface area contributed by atoms with Crippen molar-refractivity contribution in [2.75, 3.05) is 0 Å². The number of ketones is 1. The van der Waals surface area contributed by atoms with Crippen LogP contribution >= 0.6 is 0 Å². The van der Waals surface area contributed by atoms with Crippen molar-refractivity contribution >= 4 is 11.8 Å². The first kappa shape index (κ1) is 23.8. The summed E-state index contributed by atoms with van der Waals surface area (Å²) in [5.41, 5.74) is 0.0424. The topological polar surface area (TPSA) is 94.8 Å². The second-order valence-electron chi connectivity index (χ2n) is 9.41. The third-order valence-electron chi connectivity index (χ3n) is 6.64. The van der Waals surface area contributed by atoms with Crippen molar-refractivity contribution in [1.29, 1.82) is 0 Å². The summed E-state index contributed by atoms with van der Waals surface area (Å²) >= 11 is 0. The number of hydrogen-bond donors (Lipinski definition) is 3. The van der Waals surface area contributed by atoms with E-state index in [9.17, 15) is 19.8 Å². The molecule has 2 aliphatic rings. The Hall–Kier alpha value is -1.46. The number of rotatable bonds is 12. The predicted molar refractivity (Wildman–Crippen MR) is 113 cm³/mol. The number of allylic oxidation sites excluding steroid dienone is 2. The summed E-state index contributed by atoms with van der Waals surface area (Å²) in [7, 11) is 0. The second-order valence-corrected chi connectivity index (χ2v) is 9.41. The Bertz CT molecular complexity index is 602. The number of Topliss-reactive ketones (excluding diaryl/α,β-unsaturated/α-hetero) is 1. The maximum absolute atomic E-state index is 12.3. The predicted octanol–water partition coefficient (Wildman–Crippen LogP) is 4.28. The maximum Gasteiger partial charge on any atom is 0.303 e. The number of aliphatic hydroxyl groups is 2. The van der Waals surface area contributed by atoms with Gasteiger partial charge in [0.1, 0.15) is 5.78 Å². The SMILES string of the molecule is CC(C)CC1(C(O)CC=C[C@H]2[C@H](O)CC(=O)[C@@H]2CC=CCCCC(=O)O)CCC1. The number of aliphatic hydroxyl groups excluding tert-OH is 2. The molecule has 29 heavy (non-hydrogen) atoms. The van der Waals surface area contributed by atoms with Gasteiger partial charge in [-0.3, -0.25) is 9.59 Å². The molecule has 0 radical (unpaired) electrons. The van der Waals surface area contributed by atoms with Crippen LogP contribution in [0.15, 0.2) is 24.3 Å². The zero-order valence-electron chi connectivity index (χ0n) is 17.9. The highest BCUT2D eigenvalue weighted by atomic mass is 16.4. The number of carbonyl (C=O) groups is 2. The van der Waals surface area contributed by atoms with Crippen molar-refractivity contribution in [2.45, 2.75) is 90.3 Å². The highest BCUT2D eigenvalue weighted by Crippen LogP contribution is 2.49. The van der Waals surface area contributed by atoms with Gasteiger partial charge in [0.2, 0.25) is 0 Å². The highest BCUT2D eigenvalue weighted by Gasteiger charge is 2.43. The molecular weight excluding hydrogens is 368 g/mol. The first-order chi connectivity index (χ1) is 13.7. The van der Waals surface area contributed by atoms with Crippen LogP contribution in [-0.4, -0.2) is 39.3 Å². The molecule has 2 fully saturated rings. The van der Waals surface area contributed by atoms with Crippen LogP contribution in [-0.2, 0) is 9.59 Å². The van der Waals surface area contributed by atoms with E-state index in [2.05, 4.69) is 13.8 Å². The Morgan fingerprint density at radius 2 is 1.97 bits per heavy atom. The normalized spacial score (nSPS) is 27.8. The van der Waals surface area contributed by atoms with Crippen LogP contribution in [0.1, 0.15) is 78.1 Å². The Morgan fingerprint density at radius 1 is 1.24 bits per heavy atom. The number of carboxylic acids is 1. The minimum absolute atomic E-state index is 0.0424. The van der Waals surface area contributed by atoms with E-state index in [1.807, 2.05) is 24.3 Å². The molecule has 2 rings (SSSR count). The molecule has 0 heterocycles. The summed E-state index contributed by atoms with van der Waals surface area (Å²) < 4.78 is 0. The van der Waals surface area contributed by atoms with Crippen molar-refractivity contribution in [3.8, 4) is 0 Å². The number of carboxylic acid groups (broad SMARTS) is 1. The lowest BCUT2D eigenvalue weighted by Crippen LogP contribution is -2.42. The van der Waals surface area contributed by atoms with Crippen LogP contribution in [0.25, 0.3) is 0 Å². The Morgan fingerprint density at radius 3 is 2.55 bits per heavy atom. The molecule has 0 aromatic carbocycles. The van der Waals surface area contributed by atoms with Crippen molar-refractivity contribution in [3.05, 3.63) is 24.3 Å². The van der Waals surface area contributed by atoms with Gasteiger partial charge in [-0.15, -0.1) is 0 Å². The number of unbranched alkanes of at least 4 members (excludes halogenated alkanes) is 1. The molecule has 0 aromatic rings. The van der Waals surface area contributed by atoms with Gasteiger partial charge in [0, 0.05) is 24.7 Å². The van der Waals surface area contributed by atoms with E-state index >= 15 is 0 Å². The quantitative estimate of drug-likeness (QED) is 0.332. The van der Waals surface area contributed by atoms with Crippen LogP contribution in [0.4, 0.5) is 0 Å². The summed E-state index contributed by atoms with van der Waals surface area (Å²) in [6, 6.07) is 0. The molecule has 5 nitrogen and oxygen atoms in total. The molecule has 5 heteroatoms. The fourth-order valence-electron chi connectivity index (χ4n) is 4.99. The maximum atomic E-state index is 12.3. The van der Waals surface area contributed by atoms with Gasteiger partial charge in [-0.1, -0.05) is 44.6 Å². The molecule has 0 amide bonds. The average molecular weight is 407 g/mol. The van der Waals surface area contributed by atoms with Gasteiger partial charge in [0.05, 0.1) is 12.2 Å². The molecular formula is C24H38O5. The standard InChI is InChI=1S/C24H38O5/c1-17(2)16-24(13-8-14-24)22(27)11-7-10-19-18(20(25)15-21(19)26)9-5-3-4-6-12-23(28)29/h3,5,7,10,17-19,21-22,26-27H,4,6,8-9,11-16H2,1-2H3,(H,28,29)/t18-,19-,21-,22?/m1/s1. The van der Waals surface area contributed by atoms with Gasteiger partial charge in [0.15, 0.2) is 0 Å². The molecule has 1 unspecified atom stereocenters. The Balaban J connectivity index is 1.87. The minimum Gasteiger partial charge on any atom is -0.481 e. The van der Waals surface area contributed by atoms with Gasteiger partial charge in [-0.05, 0) is 56.3 Å². The van der Waals surface area contributed by atoms with E-state index in [4.69, 9.17) is 5.11 Å². The summed E-state index contributed by atoms with van der Waals surface area (Å²) in [6.07, 6.45) is 13.9. The van der Waals surface area contributed by atoms with Crippen molar-refractivity contribution in [1.82, 2.24) is 0 Å². The summed E-state index contributed by atoms with van der Waals surface area (Å²) in [4.78, 5) is 22.8. The lowest BCUT2D eigenvalue weighted by molar-refractivity contribution is -0.137. The molecule has 0 aromatic heterocycles. The fraction of sp³-hybridized carbons (Fsp3) is 0.750. The van der Waals surface area contributed by atoms with E-state index in [-0.39, 0.29) is 42.0 Å². The molecule has 0 spiro atoms. The molecule has 0 aliphatic heterocycles. The van der Waals surface area contributed by atoms with Gasteiger partial charge < -0.3 is 15.3 Å². The zero-order valence-corrected chi connectivity index (χ0v) is 17.9. The molecule has 0 saturated heterocycles. The van der Waals surface area contributed by atoms with Crippen LogP contribution in [0.3, 0.4) is 0 Å². The lowest BCUT2D eigenvalue weighted by Gasteiger charge is -2.46. The zero-order chi connectivity index (χ0) is 21.4. The molecule has 164 valence electrons. The van der Waals surface area contributed by atoms with Crippen molar-refractivity contribution < 1.29 is 24.9 Å². The highest BCUT2D eigenvalue weighted by molar-refractivity contribution is 5.84. The number of aliphatic carboxylic acids is 1. The molecule has 0 bridgehead atoms. The summed E-state index contributed by atoms with van der Waals surface area (Å²) in [5.74, 6) is -0.590. The second kappa shape index (κ2) is 11.1. The van der Waals surface area contributed by atoms with Gasteiger partial charge in [-0.25, -0.2) is 0 Å². The van der Waals surface area contributed by atoms with Gasteiger partial charge in [-0.2, -0.15) is 0 Å². The summed E-state index contributed by atoms with van der Waals surface area (Å²) in [5, 5.41) is 29.7. The monoisotopic (exact) mass is 406 g/mol. The van der Waals surface area contributed by atoms with Crippen LogP contribution in [0, 0.1) is 23.2 Å². The molecule has 2 saturated carbocycles. The Labute approximate surface area is 174 Å². The van der Waals surface area contributed by atoms with Gasteiger partial charge >= 0.3 is 5.97 Å². The van der Waals surface area contributed by atoms with E-state index < -0.39 is 12.1 Å². The fourth-order valence-corrected chi connectivity index (χ4v) is 4.99. The van der Waals surface area contributed by atoms with Crippen LogP contribution in [0.5, 0.6) is 0 Å². The number of hydrogen-bond acceptors (Lipinski definition) is 4. The van der Waals surface area contributed by atoms with Gasteiger partial charge in [0.25, 0.3) is 0 Å². The van der Waals surface area contributed by atoms with E-state index in [1.165, 1.54) is 6.42 Å². The smallest absolute Gasteiger partial charge is 0.303 e. The molecule has 4 atom stereocenters. The van der Waals surface area contributed by atoms with E-state index in [0.29, 0.717) is 31.6 Å². The third-order valence-corrected chi connectivity index (χ3v) is 6.64. The van der Waals surface area contributed by atoms with E-state index in [1.54, 1.807) is 0 Å². The first-order valence-corrected chi connectivity index (χ1v) is 11.2. The minimum atomic E-state index is -0.794. The number of carbonyl (C=O) groups excluding carboxylic acids is 1. The van der Waals surface area contributed by atoms with Crippen molar-refractivity contribution in [2.24, 2.45) is 23.2 Å². The third kappa shape index (κ3) is 6.78. The van der Waals surface area contributed by atoms with Crippen LogP contribution < -0.4 is 0 Å². The molecule has 2 aliphatic carbocycles. The lowest BCUT2D eigenvalue weighted by atomic mass is 9.60. The van der Waals surface area contributed by atoms with Crippen molar-refractivity contribution in [3.63, 3.8) is 0 Å². The average Bonchev–Trinajstić information content (AvgIpc) is 2.87. The van der Waals surface area contributed by atoms with Crippen LogP contribution in [0.2, 0.25) is 0 Å². The summed E-state index contributed by atoms with van der Waals surface area (Å²) in [6.45, 7) is 4.39.